The number of furan rings is 1. The van der Waals surface area contributed by atoms with Gasteiger partial charge in [-0.15, -0.1) is 11.3 Å². The van der Waals surface area contributed by atoms with Crippen molar-refractivity contribution in [1.82, 2.24) is 0 Å². The molecule has 4 heteroatoms. The minimum absolute atomic E-state index is 0.701. The first kappa shape index (κ1) is 35.1. The van der Waals surface area contributed by atoms with Gasteiger partial charge in [0.1, 0.15) is 11.2 Å². The highest BCUT2D eigenvalue weighted by Crippen LogP contribution is 2.43. The van der Waals surface area contributed by atoms with Gasteiger partial charge in [0.2, 0.25) is 0 Å². The average Bonchev–Trinajstić information content (AvgIpc) is 3.90. The highest BCUT2D eigenvalue weighted by atomic mass is 32.1. The summed E-state index contributed by atoms with van der Waals surface area (Å²) in [6, 6.07) is 66.9. The third kappa shape index (κ3) is 6.58. The zero-order chi connectivity index (χ0) is 39.1. The Kier molecular flexibility index (Phi) is 8.90. The van der Waals surface area contributed by atoms with E-state index in [1.807, 2.05) is 23.5 Å². The molecule has 0 fully saturated rings. The van der Waals surface area contributed by atoms with Crippen molar-refractivity contribution in [2.45, 2.75) is 19.3 Å². The number of benzene rings is 8. The lowest BCUT2D eigenvalue weighted by Gasteiger charge is -2.13. The number of nitrogens with zero attached hydrogens (tertiary/aromatic N) is 2. The van der Waals surface area contributed by atoms with Gasteiger partial charge in [0.15, 0.2) is 5.84 Å². The zero-order valence-electron chi connectivity index (χ0n) is 32.3. The molecule has 0 saturated heterocycles. The molecule has 0 aliphatic carbocycles. The van der Waals surface area contributed by atoms with Crippen molar-refractivity contribution >= 4 is 70.7 Å². The van der Waals surface area contributed by atoms with Crippen molar-refractivity contribution in [1.29, 1.82) is 0 Å². The van der Waals surface area contributed by atoms with Crippen molar-refractivity contribution < 1.29 is 4.42 Å². The van der Waals surface area contributed by atoms with Crippen LogP contribution in [0.4, 0.5) is 0 Å². The molecule has 8 aromatic carbocycles. The van der Waals surface area contributed by atoms with E-state index in [4.69, 9.17) is 14.4 Å². The molecule has 11 rings (SSSR count). The van der Waals surface area contributed by atoms with Crippen LogP contribution in [0, 0.1) is 0 Å². The van der Waals surface area contributed by atoms with Crippen LogP contribution in [-0.4, -0.2) is 11.5 Å². The summed E-state index contributed by atoms with van der Waals surface area (Å²) in [5.74, 6) is 0.701. The fraction of sp³-hybridized carbons (Fsp3) is 0.0545. The molecule has 0 saturated carbocycles. The van der Waals surface area contributed by atoms with Gasteiger partial charge in [-0.1, -0.05) is 158 Å². The maximum atomic E-state index is 6.68. The van der Waals surface area contributed by atoms with Crippen LogP contribution >= 0.6 is 11.3 Å². The molecule has 3 nitrogen and oxygen atoms in total. The first-order valence-corrected chi connectivity index (χ1v) is 21.1. The van der Waals surface area contributed by atoms with E-state index in [0.29, 0.717) is 5.84 Å². The molecule has 10 aromatic rings. The van der Waals surface area contributed by atoms with Gasteiger partial charge in [0, 0.05) is 42.1 Å². The van der Waals surface area contributed by atoms with Crippen molar-refractivity contribution in [2.75, 3.05) is 0 Å². The van der Waals surface area contributed by atoms with Gasteiger partial charge < -0.3 is 4.42 Å². The predicted molar refractivity (Wildman–Crippen MR) is 251 cm³/mol. The Bertz CT molecular complexity index is 3260. The summed E-state index contributed by atoms with van der Waals surface area (Å²) >= 11 is 1.85. The van der Waals surface area contributed by atoms with Crippen molar-refractivity contribution in [3.8, 4) is 33.4 Å². The van der Waals surface area contributed by atoms with Crippen LogP contribution in [0.25, 0.3) is 81.2 Å². The third-order valence-electron chi connectivity index (χ3n) is 11.4. The van der Waals surface area contributed by atoms with Crippen molar-refractivity contribution in [3.63, 3.8) is 0 Å². The summed E-state index contributed by atoms with van der Waals surface area (Å²) in [5.41, 5.74) is 13.9. The minimum Gasteiger partial charge on any atom is -0.456 e. The largest absolute Gasteiger partial charge is 0.456 e. The quantitative estimate of drug-likeness (QED) is 0.166. The molecule has 1 aliphatic rings. The lowest BCUT2D eigenvalue weighted by atomic mass is 9.93. The smallest absolute Gasteiger partial charge is 0.160 e. The summed E-state index contributed by atoms with van der Waals surface area (Å²) in [4.78, 5) is 10.9. The number of amidine groups is 1. The molecule has 280 valence electrons. The van der Waals surface area contributed by atoms with E-state index in [1.165, 1.54) is 42.4 Å². The molecule has 0 radical (unpaired) electrons. The van der Waals surface area contributed by atoms with Crippen LogP contribution in [0.2, 0.25) is 0 Å². The Labute approximate surface area is 347 Å². The lowest BCUT2D eigenvalue weighted by molar-refractivity contribution is 0.669. The van der Waals surface area contributed by atoms with E-state index < -0.39 is 0 Å². The summed E-state index contributed by atoms with van der Waals surface area (Å²) in [5, 5.41) is 4.75. The van der Waals surface area contributed by atoms with Crippen LogP contribution in [0.5, 0.6) is 0 Å². The monoisotopic (exact) mass is 774 g/mol. The fourth-order valence-electron chi connectivity index (χ4n) is 8.55. The van der Waals surface area contributed by atoms with Gasteiger partial charge in [-0.05, 0) is 94.6 Å². The number of para-hydroxylation sites is 1. The summed E-state index contributed by atoms with van der Waals surface area (Å²) in [6.45, 7) is 0. The van der Waals surface area contributed by atoms with Gasteiger partial charge in [0.25, 0.3) is 0 Å². The van der Waals surface area contributed by atoms with Crippen LogP contribution < -0.4 is 0 Å². The second kappa shape index (κ2) is 15.0. The maximum Gasteiger partial charge on any atom is 0.160 e. The van der Waals surface area contributed by atoms with Crippen molar-refractivity contribution in [2.24, 2.45) is 9.98 Å². The van der Waals surface area contributed by atoms with Crippen LogP contribution in [0.1, 0.15) is 36.0 Å². The summed E-state index contributed by atoms with van der Waals surface area (Å²) in [6.07, 6.45) is 4.87. The molecular weight excluding hydrogens is 737 g/mol. The van der Waals surface area contributed by atoms with E-state index in [1.54, 1.807) is 0 Å². The van der Waals surface area contributed by atoms with E-state index in [2.05, 4.69) is 182 Å². The van der Waals surface area contributed by atoms with Crippen LogP contribution in [-0.2, 0) is 0 Å². The van der Waals surface area contributed by atoms with Gasteiger partial charge in [-0.2, -0.15) is 0 Å². The van der Waals surface area contributed by atoms with E-state index in [9.17, 15) is 0 Å². The molecule has 1 aliphatic heterocycles. The predicted octanol–water partition coefficient (Wildman–Crippen LogP) is 15.4. The highest BCUT2D eigenvalue weighted by molar-refractivity contribution is 7.26. The fourth-order valence-corrected chi connectivity index (χ4v) is 9.66. The van der Waals surface area contributed by atoms with Crippen molar-refractivity contribution in [3.05, 3.63) is 211 Å². The SMILES string of the molecule is C1=C(c2ccc(-c3ccccc3)cc2)N=C(c2ccccc2)N=C(c2cc(-c3ccc4sc5cccc(-c6ccccc6)c5c4c3)cc3oc4ccccc4c23)CCC1. The zero-order valence-corrected chi connectivity index (χ0v) is 33.1. The molecule has 0 spiro atoms. The second-order valence-electron chi connectivity index (χ2n) is 15.1. The third-order valence-corrected chi connectivity index (χ3v) is 12.6. The molecule has 0 bridgehead atoms. The Hall–Kier alpha value is -7.14. The summed E-state index contributed by atoms with van der Waals surface area (Å²) < 4.78 is 9.25. The molecule has 59 heavy (non-hydrogen) atoms. The number of hydrogen-bond donors (Lipinski definition) is 0. The number of hydrogen-bond acceptors (Lipinski definition) is 4. The highest BCUT2D eigenvalue weighted by Gasteiger charge is 2.21. The van der Waals surface area contributed by atoms with E-state index in [-0.39, 0.29) is 0 Å². The summed E-state index contributed by atoms with van der Waals surface area (Å²) in [7, 11) is 0. The number of rotatable bonds is 6. The Morgan fingerprint density at radius 1 is 0.424 bits per heavy atom. The Morgan fingerprint density at radius 3 is 1.90 bits per heavy atom. The number of thiophene rings is 1. The number of fused-ring (bicyclic) bond motifs is 6. The van der Waals surface area contributed by atoms with E-state index >= 15 is 0 Å². The second-order valence-corrected chi connectivity index (χ2v) is 16.2. The van der Waals surface area contributed by atoms with Gasteiger partial charge in [-0.25, -0.2) is 9.98 Å². The van der Waals surface area contributed by atoms with E-state index in [0.717, 1.165) is 80.4 Å². The molecule has 0 amide bonds. The van der Waals surface area contributed by atoms with Gasteiger partial charge in [0.05, 0.1) is 11.4 Å². The lowest BCUT2D eigenvalue weighted by Crippen LogP contribution is -2.08. The average molecular weight is 775 g/mol. The molecule has 0 unspecified atom stereocenters. The number of allylic oxidation sites excluding steroid dienone is 1. The van der Waals surface area contributed by atoms with Gasteiger partial charge >= 0.3 is 0 Å². The molecule has 0 N–H and O–H groups in total. The minimum atomic E-state index is 0.701. The molecule has 3 heterocycles. The van der Waals surface area contributed by atoms with Crippen LogP contribution in [0.15, 0.2) is 209 Å². The standard InChI is InChI=1S/C55H38N2OS/c1-4-15-36(16-5-1)37-27-29-39(30-28-37)47-23-11-12-24-48(57-55(56-47)40-19-8-3-9-20-40)45-34-42(35-50-53(45)44-21-10-13-25-49(44)58-50)41-31-32-51-46(33-41)54-43(22-14-26-52(54)59-51)38-17-6-2-7-18-38/h1-10,13-23,25-35H,11-12,24H2. The normalized spacial score (nSPS) is 13.5. The van der Waals surface area contributed by atoms with Gasteiger partial charge in [-0.3, -0.25) is 0 Å². The molecule has 2 aromatic heterocycles. The number of aliphatic imine (C=N–C) groups is 2. The Morgan fingerprint density at radius 2 is 1.10 bits per heavy atom. The topological polar surface area (TPSA) is 37.9 Å². The maximum absolute atomic E-state index is 6.68. The first-order valence-electron chi connectivity index (χ1n) is 20.3. The molecular formula is C55H38N2OS. The van der Waals surface area contributed by atoms with Crippen LogP contribution in [0.3, 0.4) is 0 Å². The first-order chi connectivity index (χ1) is 29.2. The Balaban J connectivity index is 1.08. The molecule has 0 atom stereocenters.